The number of primary sulfonamides is 1. The van der Waals surface area contributed by atoms with Gasteiger partial charge in [-0.3, -0.25) is 0 Å². The maximum atomic E-state index is 11.5. The molecule has 3 heterocycles. The van der Waals surface area contributed by atoms with Gasteiger partial charge < -0.3 is 15.7 Å². The molecule has 0 aliphatic heterocycles. The average Bonchev–Trinajstić information content (AvgIpc) is 3.25. The number of rotatable bonds is 6. The van der Waals surface area contributed by atoms with E-state index in [2.05, 4.69) is 59.2 Å². The van der Waals surface area contributed by atoms with E-state index in [4.69, 9.17) is 5.14 Å². The summed E-state index contributed by atoms with van der Waals surface area (Å²) in [5, 5.41) is 23.1. The van der Waals surface area contributed by atoms with Gasteiger partial charge in [0.1, 0.15) is 0 Å². The summed E-state index contributed by atoms with van der Waals surface area (Å²) in [5.74, 6) is 0.507. The van der Waals surface area contributed by atoms with E-state index in [1.54, 1.807) is 11.3 Å². The molecule has 8 nitrogen and oxygen atoms in total. The van der Waals surface area contributed by atoms with Gasteiger partial charge in [-0.1, -0.05) is 20.8 Å². The molecular formula is C16H21N5O3S4. The second-order valence-electron chi connectivity index (χ2n) is 7.31. The van der Waals surface area contributed by atoms with E-state index in [0.717, 1.165) is 23.1 Å². The largest absolute Gasteiger partial charge is 0.504 e. The van der Waals surface area contributed by atoms with Crippen LogP contribution in [-0.2, 0) is 10.0 Å². The van der Waals surface area contributed by atoms with E-state index < -0.39 is 15.8 Å². The first-order valence-corrected chi connectivity index (χ1v) is 12.2. The molecule has 12 heteroatoms. The number of hydrogen-bond donors (Lipinski definition) is 4. The summed E-state index contributed by atoms with van der Waals surface area (Å²) < 4.78 is 31.3. The predicted molar refractivity (Wildman–Crippen MR) is 115 cm³/mol. The summed E-state index contributed by atoms with van der Waals surface area (Å²) in [6.07, 6.45) is 0. The lowest BCUT2D eigenvalue weighted by Crippen LogP contribution is -2.25. The molecule has 3 aromatic rings. The molecule has 0 amide bonds. The standard InChI is InChI=1S/C16H21N5O3S4/c1-8-5-6-10(26-8)12(16(2,3)4)19-14-13(20-27-21-14)18-9-7-25-15(11(9)22)28(17,23)24/h5-7,12,22H,1-4H3,(H,18,20)(H,19,21)(H2,17,23,24)/t12-/m0/s1. The number of nitrogens with zero attached hydrogens (tertiary/aromatic N) is 2. The first kappa shape index (κ1) is 21.0. The fourth-order valence-corrected chi connectivity index (χ4v) is 5.90. The second kappa shape index (κ2) is 7.59. The van der Waals surface area contributed by atoms with Crippen molar-refractivity contribution >= 4 is 61.7 Å². The van der Waals surface area contributed by atoms with Gasteiger partial charge in [-0.05, 0) is 24.5 Å². The van der Waals surface area contributed by atoms with E-state index in [-0.39, 0.29) is 21.4 Å². The van der Waals surface area contributed by atoms with Crippen molar-refractivity contribution in [2.24, 2.45) is 10.6 Å². The van der Waals surface area contributed by atoms with Crippen LogP contribution in [-0.4, -0.2) is 22.3 Å². The van der Waals surface area contributed by atoms with Crippen LogP contribution in [0.4, 0.5) is 17.3 Å². The minimum Gasteiger partial charge on any atom is -0.504 e. The Bertz CT molecular complexity index is 1080. The molecule has 3 aromatic heterocycles. The van der Waals surface area contributed by atoms with Gasteiger partial charge in [-0.25, -0.2) is 13.6 Å². The minimum atomic E-state index is -3.99. The Hall–Kier alpha value is -1.73. The van der Waals surface area contributed by atoms with Crippen LogP contribution in [0.2, 0.25) is 0 Å². The fraction of sp³-hybridized carbons (Fsp3) is 0.375. The maximum Gasteiger partial charge on any atom is 0.251 e. The average molecular weight is 460 g/mol. The van der Waals surface area contributed by atoms with Crippen molar-refractivity contribution in [3.8, 4) is 5.75 Å². The molecule has 0 aliphatic rings. The Kier molecular flexibility index (Phi) is 5.69. The molecule has 1 atom stereocenters. The van der Waals surface area contributed by atoms with Crippen molar-refractivity contribution in [1.82, 2.24) is 8.75 Å². The highest BCUT2D eigenvalue weighted by Gasteiger charge is 2.29. The summed E-state index contributed by atoms with van der Waals surface area (Å²) in [7, 11) is -3.99. The number of hydrogen-bond acceptors (Lipinski definition) is 10. The smallest absolute Gasteiger partial charge is 0.251 e. The van der Waals surface area contributed by atoms with Crippen molar-refractivity contribution in [2.45, 2.75) is 37.9 Å². The van der Waals surface area contributed by atoms with Crippen LogP contribution in [0.1, 0.15) is 36.6 Å². The molecule has 0 saturated carbocycles. The third-order valence-corrected chi connectivity index (χ3v) is 7.98. The molecular weight excluding hydrogens is 438 g/mol. The highest BCUT2D eigenvalue weighted by Crippen LogP contribution is 2.42. The van der Waals surface area contributed by atoms with Crippen LogP contribution in [0, 0.1) is 12.3 Å². The third kappa shape index (κ3) is 4.46. The number of thiophene rings is 2. The zero-order valence-corrected chi connectivity index (χ0v) is 18.9. The molecule has 28 heavy (non-hydrogen) atoms. The fourth-order valence-electron chi connectivity index (χ4n) is 2.58. The maximum absolute atomic E-state index is 11.5. The molecule has 3 rings (SSSR count). The van der Waals surface area contributed by atoms with Crippen LogP contribution in [0.15, 0.2) is 21.7 Å². The molecule has 0 aliphatic carbocycles. The summed E-state index contributed by atoms with van der Waals surface area (Å²) in [6, 6.07) is 4.17. The summed E-state index contributed by atoms with van der Waals surface area (Å²) in [6.45, 7) is 8.47. The first-order valence-electron chi connectivity index (χ1n) is 8.22. The van der Waals surface area contributed by atoms with Crippen LogP contribution in [0.5, 0.6) is 5.75 Å². The molecule has 0 aromatic carbocycles. The van der Waals surface area contributed by atoms with Crippen molar-refractivity contribution in [3.63, 3.8) is 0 Å². The molecule has 0 radical (unpaired) electrons. The Labute approximate surface area is 175 Å². The lowest BCUT2D eigenvalue weighted by molar-refractivity contribution is 0.351. The van der Waals surface area contributed by atoms with Gasteiger partial charge >= 0.3 is 0 Å². The number of nitrogens with one attached hydrogen (secondary N) is 2. The van der Waals surface area contributed by atoms with E-state index in [1.807, 2.05) is 0 Å². The molecule has 152 valence electrons. The van der Waals surface area contributed by atoms with Crippen LogP contribution >= 0.6 is 34.4 Å². The lowest BCUT2D eigenvalue weighted by Gasteiger charge is -2.31. The quantitative estimate of drug-likeness (QED) is 0.433. The highest BCUT2D eigenvalue weighted by atomic mass is 32.2. The Morgan fingerprint density at radius 2 is 1.89 bits per heavy atom. The summed E-state index contributed by atoms with van der Waals surface area (Å²) in [4.78, 5) is 2.40. The SMILES string of the molecule is Cc1ccc([C@H](Nc2nsnc2Nc2csc(S(N)(=O)=O)c2O)C(C)(C)C)s1. The van der Waals surface area contributed by atoms with E-state index in [1.165, 1.54) is 15.1 Å². The Morgan fingerprint density at radius 1 is 1.21 bits per heavy atom. The van der Waals surface area contributed by atoms with E-state index in [0.29, 0.717) is 11.6 Å². The topological polar surface area (TPSA) is 130 Å². The normalized spacial score (nSPS) is 13.5. The third-order valence-electron chi connectivity index (χ3n) is 3.93. The van der Waals surface area contributed by atoms with E-state index in [9.17, 15) is 13.5 Å². The van der Waals surface area contributed by atoms with Crippen molar-refractivity contribution in [1.29, 1.82) is 0 Å². The zero-order chi connectivity index (χ0) is 20.7. The molecule has 5 N–H and O–H groups in total. The number of aryl methyl sites for hydroxylation is 1. The van der Waals surface area contributed by atoms with Gasteiger partial charge in [-0.15, -0.1) is 22.7 Å². The van der Waals surface area contributed by atoms with Gasteiger partial charge in [0, 0.05) is 15.1 Å². The van der Waals surface area contributed by atoms with Gasteiger partial charge in [-0.2, -0.15) is 8.75 Å². The van der Waals surface area contributed by atoms with Gasteiger partial charge in [0.25, 0.3) is 10.0 Å². The number of anilines is 3. The van der Waals surface area contributed by atoms with Gasteiger partial charge in [0.2, 0.25) is 0 Å². The Morgan fingerprint density at radius 3 is 2.43 bits per heavy atom. The molecule has 0 spiro atoms. The number of aromatic nitrogens is 2. The monoisotopic (exact) mass is 459 g/mol. The second-order valence-corrected chi connectivity index (χ2v) is 11.8. The molecule has 0 bridgehead atoms. The molecule has 0 saturated heterocycles. The minimum absolute atomic E-state index is 0.00768. The molecule has 0 unspecified atom stereocenters. The number of aromatic hydroxyl groups is 1. The summed E-state index contributed by atoms with van der Waals surface area (Å²) >= 11 is 3.57. The van der Waals surface area contributed by atoms with Crippen LogP contribution in [0.3, 0.4) is 0 Å². The van der Waals surface area contributed by atoms with Crippen molar-refractivity contribution in [3.05, 3.63) is 27.3 Å². The lowest BCUT2D eigenvalue weighted by atomic mass is 9.86. The Balaban J connectivity index is 1.89. The number of sulfonamides is 1. The predicted octanol–water partition coefficient (Wildman–Crippen LogP) is 4.27. The summed E-state index contributed by atoms with van der Waals surface area (Å²) in [5.41, 5.74) is 0.118. The van der Waals surface area contributed by atoms with E-state index >= 15 is 0 Å². The van der Waals surface area contributed by atoms with Crippen molar-refractivity contribution < 1.29 is 13.5 Å². The zero-order valence-electron chi connectivity index (χ0n) is 15.7. The van der Waals surface area contributed by atoms with Gasteiger partial charge in [0.05, 0.1) is 23.5 Å². The highest BCUT2D eigenvalue weighted by molar-refractivity contribution is 7.91. The molecule has 0 fully saturated rings. The number of nitrogens with two attached hydrogens (primary N) is 1. The van der Waals surface area contributed by atoms with Crippen LogP contribution < -0.4 is 15.8 Å². The van der Waals surface area contributed by atoms with Crippen LogP contribution in [0.25, 0.3) is 0 Å². The van der Waals surface area contributed by atoms with Gasteiger partial charge in [0.15, 0.2) is 21.6 Å². The van der Waals surface area contributed by atoms with Crippen molar-refractivity contribution in [2.75, 3.05) is 10.6 Å². The first-order chi connectivity index (χ1) is 13.0.